The average molecular weight is 243 g/mol. The lowest BCUT2D eigenvalue weighted by atomic mass is 10.3. The maximum atomic E-state index is 11.3. The lowest BCUT2D eigenvalue weighted by Crippen LogP contribution is -2.29. The van der Waals surface area contributed by atoms with E-state index in [9.17, 15) is 9.59 Å². The number of aromatic nitrogens is 1. The van der Waals surface area contributed by atoms with Crippen LogP contribution in [0.2, 0.25) is 0 Å². The van der Waals surface area contributed by atoms with E-state index in [1.165, 1.54) is 4.90 Å². The summed E-state index contributed by atoms with van der Waals surface area (Å²) in [6.45, 7) is 0.0644. The third-order valence-corrected chi connectivity index (χ3v) is 2.68. The number of anilines is 2. The highest BCUT2D eigenvalue weighted by molar-refractivity contribution is 7.11. The third kappa shape index (κ3) is 2.60. The van der Waals surface area contributed by atoms with E-state index in [-0.39, 0.29) is 23.8 Å². The molecule has 88 valence electrons. The number of primary amides is 1. The number of hydrogen-bond acceptors (Lipinski definition) is 6. The predicted octanol–water partition coefficient (Wildman–Crippen LogP) is -0.676. The van der Waals surface area contributed by atoms with Crippen molar-refractivity contribution in [3.8, 4) is 0 Å². The summed E-state index contributed by atoms with van der Waals surface area (Å²) in [6, 6.07) is 0. The zero-order valence-electron chi connectivity index (χ0n) is 8.98. The lowest BCUT2D eigenvalue weighted by molar-refractivity contribution is -0.126. The minimum atomic E-state index is -0.661. The summed E-state index contributed by atoms with van der Waals surface area (Å²) >= 11 is 1.00. The fourth-order valence-corrected chi connectivity index (χ4v) is 1.69. The van der Waals surface area contributed by atoms with Crippen LogP contribution < -0.4 is 16.8 Å². The molecule has 1 rings (SSSR count). The molecule has 0 aliphatic carbocycles. The highest BCUT2D eigenvalue weighted by Crippen LogP contribution is 2.25. The molecule has 5 N–H and O–H groups in total. The Bertz CT molecular complexity index is 415. The van der Waals surface area contributed by atoms with E-state index >= 15 is 0 Å². The smallest absolute Gasteiger partial charge is 0.255 e. The Morgan fingerprint density at radius 2 is 2.12 bits per heavy atom. The Kier molecular flexibility index (Phi) is 3.67. The van der Waals surface area contributed by atoms with Gasteiger partial charge in [-0.25, -0.2) is 0 Å². The maximum absolute atomic E-state index is 11.3. The first-order chi connectivity index (χ1) is 7.43. The molecule has 0 saturated carbocycles. The summed E-state index contributed by atoms with van der Waals surface area (Å²) in [5, 5.41) is 3.20. The highest BCUT2D eigenvalue weighted by Gasteiger charge is 2.17. The van der Waals surface area contributed by atoms with Crippen LogP contribution in [-0.4, -0.2) is 41.7 Å². The topological polar surface area (TPSA) is 114 Å². The van der Waals surface area contributed by atoms with Crippen molar-refractivity contribution >= 4 is 34.2 Å². The molecule has 0 radical (unpaired) electrons. The first-order valence-electron chi connectivity index (χ1n) is 4.42. The number of nitrogens with zero attached hydrogens (tertiary/aromatic N) is 2. The molecule has 2 amide bonds. The molecule has 8 heteroatoms. The summed E-state index contributed by atoms with van der Waals surface area (Å²) in [5.74, 6) is -0.703. The number of carbonyl (C=O) groups excluding carboxylic acids is 2. The first kappa shape index (κ1) is 12.2. The SMILES string of the molecule is CN(C)C(=O)CNc1snc(N)c1C(N)=O. The molecule has 0 unspecified atom stereocenters. The normalized spacial score (nSPS) is 9.88. The Balaban J connectivity index is 2.75. The van der Waals surface area contributed by atoms with Gasteiger partial charge in [0.2, 0.25) is 5.91 Å². The molecule has 0 aliphatic rings. The molecule has 0 fully saturated rings. The van der Waals surface area contributed by atoms with E-state index < -0.39 is 5.91 Å². The van der Waals surface area contributed by atoms with E-state index in [1.807, 2.05) is 0 Å². The molecular weight excluding hydrogens is 230 g/mol. The fraction of sp³-hybridized carbons (Fsp3) is 0.375. The van der Waals surface area contributed by atoms with Crippen molar-refractivity contribution < 1.29 is 9.59 Å². The molecule has 7 nitrogen and oxygen atoms in total. The number of nitrogens with one attached hydrogen (secondary N) is 1. The molecular formula is C8H13N5O2S. The zero-order valence-corrected chi connectivity index (χ0v) is 9.80. The molecule has 1 aromatic rings. The third-order valence-electron chi connectivity index (χ3n) is 1.86. The van der Waals surface area contributed by atoms with Gasteiger partial charge in [-0.1, -0.05) is 0 Å². The molecule has 16 heavy (non-hydrogen) atoms. The van der Waals surface area contributed by atoms with Gasteiger partial charge in [0.1, 0.15) is 10.6 Å². The van der Waals surface area contributed by atoms with Gasteiger partial charge in [-0.15, -0.1) is 0 Å². The standard InChI is InChI=1S/C8H13N5O2S/c1-13(2)4(14)3-11-8-5(7(10)15)6(9)12-16-8/h11H,3H2,1-2H3,(H2,9,12)(H2,10,15). The second-order valence-corrected chi connectivity index (χ2v) is 4.05. The van der Waals surface area contributed by atoms with Crippen molar-refractivity contribution in [2.24, 2.45) is 5.73 Å². The zero-order chi connectivity index (χ0) is 12.3. The average Bonchev–Trinajstić information content (AvgIpc) is 2.55. The molecule has 1 aromatic heterocycles. The maximum Gasteiger partial charge on any atom is 0.255 e. The summed E-state index contributed by atoms with van der Waals surface area (Å²) in [4.78, 5) is 23.8. The van der Waals surface area contributed by atoms with Crippen LogP contribution >= 0.6 is 11.5 Å². The van der Waals surface area contributed by atoms with Crippen LogP contribution in [0.3, 0.4) is 0 Å². The largest absolute Gasteiger partial charge is 0.382 e. The van der Waals surface area contributed by atoms with Gasteiger partial charge in [-0.3, -0.25) is 9.59 Å². The van der Waals surface area contributed by atoms with Crippen molar-refractivity contribution in [2.45, 2.75) is 0 Å². The molecule has 0 atom stereocenters. The van der Waals surface area contributed by atoms with Gasteiger partial charge < -0.3 is 21.7 Å². The number of hydrogen-bond donors (Lipinski definition) is 3. The molecule has 0 spiro atoms. The van der Waals surface area contributed by atoms with Crippen molar-refractivity contribution in [1.82, 2.24) is 9.27 Å². The number of amides is 2. The van der Waals surface area contributed by atoms with E-state index in [0.717, 1.165) is 11.5 Å². The monoisotopic (exact) mass is 243 g/mol. The fourth-order valence-electron chi connectivity index (χ4n) is 0.975. The minimum absolute atomic E-state index is 0.0644. The van der Waals surface area contributed by atoms with E-state index in [2.05, 4.69) is 9.69 Å². The van der Waals surface area contributed by atoms with Crippen LogP contribution in [0, 0.1) is 0 Å². The number of nitrogen functional groups attached to an aromatic ring is 1. The molecule has 0 aliphatic heterocycles. The van der Waals surface area contributed by atoms with Crippen molar-refractivity contribution in [1.29, 1.82) is 0 Å². The predicted molar refractivity (Wildman–Crippen MR) is 62.2 cm³/mol. The van der Waals surface area contributed by atoms with Crippen LogP contribution in [0.25, 0.3) is 0 Å². The molecule has 0 aromatic carbocycles. The number of carbonyl (C=O) groups is 2. The quantitative estimate of drug-likeness (QED) is 0.648. The van der Waals surface area contributed by atoms with E-state index in [4.69, 9.17) is 11.5 Å². The van der Waals surface area contributed by atoms with Gasteiger partial charge in [0.25, 0.3) is 5.91 Å². The molecule has 0 saturated heterocycles. The second-order valence-electron chi connectivity index (χ2n) is 3.28. The minimum Gasteiger partial charge on any atom is -0.382 e. The van der Waals surface area contributed by atoms with Gasteiger partial charge >= 0.3 is 0 Å². The van der Waals surface area contributed by atoms with Crippen LogP contribution in [0.1, 0.15) is 10.4 Å². The highest BCUT2D eigenvalue weighted by atomic mass is 32.1. The summed E-state index contributed by atoms with van der Waals surface area (Å²) in [5.41, 5.74) is 10.7. The van der Waals surface area contributed by atoms with Gasteiger partial charge in [0, 0.05) is 14.1 Å². The van der Waals surface area contributed by atoms with E-state index in [1.54, 1.807) is 14.1 Å². The van der Waals surface area contributed by atoms with Crippen molar-refractivity contribution in [3.05, 3.63) is 5.56 Å². The van der Waals surface area contributed by atoms with Gasteiger partial charge in [-0.2, -0.15) is 4.37 Å². The van der Waals surface area contributed by atoms with Gasteiger partial charge in [-0.05, 0) is 11.5 Å². The first-order valence-corrected chi connectivity index (χ1v) is 5.19. The Hall–Kier alpha value is -1.83. The van der Waals surface area contributed by atoms with Crippen LogP contribution in [0.15, 0.2) is 0 Å². The second kappa shape index (κ2) is 4.79. The lowest BCUT2D eigenvalue weighted by Gasteiger charge is -2.10. The van der Waals surface area contributed by atoms with Crippen LogP contribution in [0.4, 0.5) is 10.8 Å². The number of nitrogens with two attached hydrogens (primary N) is 2. The summed E-state index contributed by atoms with van der Waals surface area (Å²) in [6.07, 6.45) is 0. The number of rotatable bonds is 4. The molecule has 0 bridgehead atoms. The van der Waals surface area contributed by atoms with Crippen molar-refractivity contribution in [2.75, 3.05) is 31.7 Å². The van der Waals surface area contributed by atoms with Gasteiger partial charge in [0.05, 0.1) is 6.54 Å². The Morgan fingerprint density at radius 3 is 2.62 bits per heavy atom. The van der Waals surface area contributed by atoms with Crippen LogP contribution in [-0.2, 0) is 4.79 Å². The van der Waals surface area contributed by atoms with E-state index in [0.29, 0.717) is 5.00 Å². The van der Waals surface area contributed by atoms with Crippen molar-refractivity contribution in [3.63, 3.8) is 0 Å². The Labute approximate surface area is 96.6 Å². The van der Waals surface area contributed by atoms with Crippen LogP contribution in [0.5, 0.6) is 0 Å². The summed E-state index contributed by atoms with van der Waals surface area (Å²) in [7, 11) is 3.28. The Morgan fingerprint density at radius 1 is 1.50 bits per heavy atom. The van der Waals surface area contributed by atoms with Gasteiger partial charge in [0.15, 0.2) is 5.82 Å². The summed E-state index contributed by atoms with van der Waals surface area (Å²) < 4.78 is 3.79. The number of likely N-dealkylation sites (N-methyl/N-ethyl adjacent to an activating group) is 1. The molecule has 1 heterocycles.